The number of aryl methyl sites for hydroxylation is 1. The largest absolute Gasteiger partial charge is 0.357 e. The summed E-state index contributed by atoms with van der Waals surface area (Å²) in [7, 11) is 0. The molecule has 5 rings (SSSR count). The second-order valence-electron chi connectivity index (χ2n) is 10.9. The maximum Gasteiger partial charge on any atom is 0.131 e. The molecule has 0 unspecified atom stereocenters. The first-order valence-electron chi connectivity index (χ1n) is 13.4. The minimum absolute atomic E-state index is 0.383. The van der Waals surface area contributed by atoms with Gasteiger partial charge in [0.1, 0.15) is 11.6 Å². The van der Waals surface area contributed by atoms with Crippen molar-refractivity contribution >= 4 is 23.0 Å². The standard InChI is InChI=1S/C31H39N5/c1-21(2)29-15-25(11-12-32-29)24(5)33-27-10-9-23(4)28(18-27)26-16-30(35-13-7-6-8-14-35)34-31(17-26)36-19-22(3)20-36/h9-12,15-18,21-22,33H,5-8,13-14,19-20H2,1-4H3. The van der Waals surface area contributed by atoms with Crippen LogP contribution >= 0.6 is 0 Å². The molecule has 36 heavy (non-hydrogen) atoms. The van der Waals surface area contributed by atoms with E-state index in [0.29, 0.717) is 5.92 Å². The molecule has 0 radical (unpaired) electrons. The third-order valence-corrected chi connectivity index (χ3v) is 7.43. The number of pyridine rings is 2. The molecule has 2 saturated heterocycles. The normalized spacial score (nSPS) is 16.2. The van der Waals surface area contributed by atoms with E-state index >= 15 is 0 Å². The van der Waals surface area contributed by atoms with Crippen LogP contribution in [0.3, 0.4) is 0 Å². The average Bonchev–Trinajstić information content (AvgIpc) is 2.88. The monoisotopic (exact) mass is 481 g/mol. The molecule has 2 aromatic heterocycles. The fourth-order valence-electron chi connectivity index (χ4n) is 5.20. The molecule has 3 aromatic rings. The van der Waals surface area contributed by atoms with Crippen molar-refractivity contribution in [2.24, 2.45) is 5.92 Å². The van der Waals surface area contributed by atoms with E-state index in [4.69, 9.17) is 4.98 Å². The lowest BCUT2D eigenvalue weighted by Crippen LogP contribution is -2.45. The van der Waals surface area contributed by atoms with Crippen LogP contribution in [0.2, 0.25) is 0 Å². The third kappa shape index (κ3) is 5.25. The van der Waals surface area contributed by atoms with E-state index in [-0.39, 0.29) is 0 Å². The van der Waals surface area contributed by atoms with Gasteiger partial charge in [0.2, 0.25) is 0 Å². The molecule has 0 saturated carbocycles. The maximum absolute atomic E-state index is 5.12. The number of piperidine rings is 1. The zero-order chi connectivity index (χ0) is 25.2. The van der Waals surface area contributed by atoms with Crippen molar-refractivity contribution in [2.75, 3.05) is 41.3 Å². The number of aromatic nitrogens is 2. The van der Waals surface area contributed by atoms with Crippen molar-refractivity contribution in [1.82, 2.24) is 9.97 Å². The van der Waals surface area contributed by atoms with Crippen LogP contribution in [0, 0.1) is 12.8 Å². The number of benzene rings is 1. The van der Waals surface area contributed by atoms with Gasteiger partial charge in [-0.25, -0.2) is 4.98 Å². The number of nitrogens with one attached hydrogen (secondary N) is 1. The van der Waals surface area contributed by atoms with Crippen molar-refractivity contribution in [2.45, 2.75) is 52.9 Å². The van der Waals surface area contributed by atoms with Crippen LogP contribution in [0.15, 0.2) is 55.2 Å². The number of rotatable bonds is 7. The summed E-state index contributed by atoms with van der Waals surface area (Å²) in [5.41, 5.74) is 7.80. The molecule has 2 aliphatic rings. The van der Waals surface area contributed by atoms with Gasteiger partial charge in [0, 0.05) is 55.0 Å². The highest BCUT2D eigenvalue weighted by atomic mass is 15.3. The Labute approximate surface area is 216 Å². The van der Waals surface area contributed by atoms with Gasteiger partial charge in [-0.15, -0.1) is 0 Å². The minimum Gasteiger partial charge on any atom is -0.357 e. The summed E-state index contributed by atoms with van der Waals surface area (Å²) in [6.07, 6.45) is 5.68. The van der Waals surface area contributed by atoms with Crippen LogP contribution in [-0.4, -0.2) is 36.1 Å². The van der Waals surface area contributed by atoms with Crippen LogP contribution in [0.5, 0.6) is 0 Å². The molecule has 2 fully saturated rings. The van der Waals surface area contributed by atoms with Crippen LogP contribution < -0.4 is 15.1 Å². The Morgan fingerprint density at radius 3 is 2.39 bits per heavy atom. The molecule has 0 bridgehead atoms. The Hall–Kier alpha value is -3.34. The summed E-state index contributed by atoms with van der Waals surface area (Å²) < 4.78 is 0. The van der Waals surface area contributed by atoms with Crippen molar-refractivity contribution in [3.8, 4) is 11.1 Å². The van der Waals surface area contributed by atoms with Gasteiger partial charge in [0.05, 0.1) is 0 Å². The van der Waals surface area contributed by atoms with E-state index in [1.165, 1.54) is 36.0 Å². The van der Waals surface area contributed by atoms with Crippen molar-refractivity contribution in [1.29, 1.82) is 0 Å². The number of nitrogens with zero attached hydrogens (tertiary/aromatic N) is 4. The molecular formula is C31H39N5. The number of hydrogen-bond donors (Lipinski definition) is 1. The SMILES string of the molecule is C=C(Nc1ccc(C)c(-c2cc(N3CCCCC3)nc(N3CC(C)C3)c2)c1)c1ccnc(C(C)C)c1. The second kappa shape index (κ2) is 10.3. The molecular weight excluding hydrogens is 442 g/mol. The van der Waals surface area contributed by atoms with Gasteiger partial charge in [-0.05, 0) is 91.1 Å². The summed E-state index contributed by atoms with van der Waals surface area (Å²) >= 11 is 0. The quantitative estimate of drug-likeness (QED) is 0.390. The first-order valence-corrected chi connectivity index (χ1v) is 13.4. The fraction of sp³-hybridized carbons (Fsp3) is 0.419. The number of anilines is 3. The van der Waals surface area contributed by atoms with Crippen molar-refractivity contribution < 1.29 is 0 Å². The van der Waals surface area contributed by atoms with Crippen molar-refractivity contribution in [3.63, 3.8) is 0 Å². The zero-order valence-electron chi connectivity index (χ0n) is 22.2. The van der Waals surface area contributed by atoms with E-state index in [1.54, 1.807) is 0 Å². The Morgan fingerprint density at radius 2 is 1.69 bits per heavy atom. The highest BCUT2D eigenvalue weighted by Gasteiger charge is 2.25. The van der Waals surface area contributed by atoms with Gasteiger partial charge < -0.3 is 15.1 Å². The van der Waals surface area contributed by atoms with Gasteiger partial charge in [-0.3, -0.25) is 4.98 Å². The van der Waals surface area contributed by atoms with E-state index < -0.39 is 0 Å². The van der Waals surface area contributed by atoms with E-state index in [1.807, 2.05) is 12.3 Å². The van der Waals surface area contributed by atoms with Crippen LogP contribution in [0.25, 0.3) is 16.8 Å². The lowest BCUT2D eigenvalue weighted by atomic mass is 9.98. The molecule has 5 nitrogen and oxygen atoms in total. The Kier molecular flexibility index (Phi) is 6.99. The summed E-state index contributed by atoms with van der Waals surface area (Å²) in [5, 5.41) is 3.55. The molecule has 2 aliphatic heterocycles. The minimum atomic E-state index is 0.383. The highest BCUT2D eigenvalue weighted by Crippen LogP contribution is 2.35. The highest BCUT2D eigenvalue weighted by molar-refractivity contribution is 5.81. The fourth-order valence-corrected chi connectivity index (χ4v) is 5.20. The Bertz CT molecular complexity index is 1240. The van der Waals surface area contributed by atoms with Crippen LogP contribution in [0.4, 0.5) is 17.3 Å². The second-order valence-corrected chi connectivity index (χ2v) is 10.9. The third-order valence-electron chi connectivity index (χ3n) is 7.43. The predicted octanol–water partition coefficient (Wildman–Crippen LogP) is 7.10. The lowest BCUT2D eigenvalue weighted by molar-refractivity contribution is 0.443. The maximum atomic E-state index is 5.12. The molecule has 4 heterocycles. The van der Waals surface area contributed by atoms with Gasteiger partial charge in [-0.2, -0.15) is 0 Å². The van der Waals surface area contributed by atoms with Crippen LogP contribution in [-0.2, 0) is 0 Å². The van der Waals surface area contributed by atoms with Crippen LogP contribution in [0.1, 0.15) is 62.8 Å². The zero-order valence-corrected chi connectivity index (χ0v) is 22.2. The van der Waals surface area contributed by atoms with E-state index in [9.17, 15) is 0 Å². The molecule has 1 aromatic carbocycles. The average molecular weight is 482 g/mol. The molecule has 1 N–H and O–H groups in total. The molecule has 0 amide bonds. The Balaban J connectivity index is 1.46. The first-order chi connectivity index (χ1) is 17.4. The summed E-state index contributed by atoms with van der Waals surface area (Å²) in [4.78, 5) is 14.5. The molecule has 5 heteroatoms. The van der Waals surface area contributed by atoms with Gasteiger partial charge in [0.15, 0.2) is 0 Å². The molecule has 188 valence electrons. The van der Waals surface area contributed by atoms with E-state index in [2.05, 4.69) is 90.8 Å². The number of hydrogen-bond acceptors (Lipinski definition) is 5. The summed E-state index contributed by atoms with van der Waals surface area (Å²) in [5.74, 6) is 3.33. The predicted molar refractivity (Wildman–Crippen MR) is 153 cm³/mol. The molecule has 0 spiro atoms. The topological polar surface area (TPSA) is 44.3 Å². The van der Waals surface area contributed by atoms with Gasteiger partial charge in [0.25, 0.3) is 0 Å². The summed E-state index contributed by atoms with van der Waals surface area (Å²) in [6.45, 7) is 17.5. The van der Waals surface area contributed by atoms with Gasteiger partial charge >= 0.3 is 0 Å². The van der Waals surface area contributed by atoms with Gasteiger partial charge in [-0.1, -0.05) is 33.4 Å². The molecule has 0 aliphatic carbocycles. The lowest BCUT2D eigenvalue weighted by Gasteiger charge is -2.39. The summed E-state index contributed by atoms with van der Waals surface area (Å²) in [6, 6.07) is 15.3. The molecule has 0 atom stereocenters. The van der Waals surface area contributed by atoms with E-state index in [0.717, 1.165) is 66.4 Å². The smallest absolute Gasteiger partial charge is 0.131 e. The Morgan fingerprint density at radius 1 is 0.972 bits per heavy atom. The van der Waals surface area contributed by atoms with Crippen molar-refractivity contribution in [3.05, 3.63) is 72.1 Å². The first kappa shape index (κ1) is 24.4.